The molecular weight excluding hydrogens is 394 g/mol. The normalized spacial score (nSPS) is 15.4. The second-order valence-corrected chi connectivity index (χ2v) is 6.80. The molecule has 1 aliphatic heterocycles. The third kappa shape index (κ3) is 3.67. The molecule has 9 heteroatoms. The van der Waals surface area contributed by atoms with Gasteiger partial charge >= 0.3 is 0 Å². The molecule has 0 saturated heterocycles. The summed E-state index contributed by atoms with van der Waals surface area (Å²) >= 11 is 0. The van der Waals surface area contributed by atoms with Gasteiger partial charge in [-0.3, -0.25) is 9.59 Å². The van der Waals surface area contributed by atoms with Gasteiger partial charge in [0.1, 0.15) is 23.5 Å². The first kappa shape index (κ1) is 19.7. The second-order valence-electron chi connectivity index (χ2n) is 6.80. The number of fused-ring (bicyclic) bond motifs is 1. The zero-order chi connectivity index (χ0) is 21.3. The van der Waals surface area contributed by atoms with Crippen molar-refractivity contribution in [2.24, 2.45) is 0 Å². The van der Waals surface area contributed by atoms with E-state index in [0.717, 1.165) is 17.7 Å². The van der Waals surface area contributed by atoms with Crippen molar-refractivity contribution in [3.63, 3.8) is 0 Å². The number of halogens is 2. The van der Waals surface area contributed by atoms with Crippen molar-refractivity contribution in [3.05, 3.63) is 65.9 Å². The van der Waals surface area contributed by atoms with Gasteiger partial charge in [-0.25, -0.2) is 13.5 Å². The van der Waals surface area contributed by atoms with Crippen LogP contribution in [0.2, 0.25) is 0 Å². The maximum absolute atomic E-state index is 14.0. The predicted molar refractivity (Wildman–Crippen MR) is 106 cm³/mol. The number of aromatic nitrogens is 2. The van der Waals surface area contributed by atoms with Gasteiger partial charge in [-0.1, -0.05) is 30.3 Å². The molecule has 7 nitrogen and oxygen atoms in total. The van der Waals surface area contributed by atoms with Crippen molar-refractivity contribution in [2.45, 2.75) is 19.1 Å². The van der Waals surface area contributed by atoms with Gasteiger partial charge in [-0.05, 0) is 17.7 Å². The first-order valence-corrected chi connectivity index (χ1v) is 9.19. The van der Waals surface area contributed by atoms with Crippen molar-refractivity contribution in [3.8, 4) is 11.1 Å². The number of carbonyl (C=O) groups excluding carboxylic acids is 2. The monoisotopic (exact) mass is 412 g/mol. The van der Waals surface area contributed by atoms with Gasteiger partial charge in [0.2, 0.25) is 11.8 Å². The lowest BCUT2D eigenvalue weighted by Crippen LogP contribution is -2.36. The molecule has 1 unspecified atom stereocenters. The molecular formula is C21H18F2N4O3. The molecule has 0 saturated carbocycles. The molecule has 3 aromatic rings. The number of nitrogens with zero attached hydrogens (tertiary/aromatic N) is 2. The van der Waals surface area contributed by atoms with Crippen molar-refractivity contribution in [2.75, 3.05) is 17.7 Å². The van der Waals surface area contributed by atoms with E-state index in [2.05, 4.69) is 15.7 Å². The summed E-state index contributed by atoms with van der Waals surface area (Å²) in [7, 11) is 1.52. The quantitative estimate of drug-likeness (QED) is 0.672. The van der Waals surface area contributed by atoms with E-state index in [-0.39, 0.29) is 24.6 Å². The number of hydrogen-bond acceptors (Lipinski definition) is 4. The highest BCUT2D eigenvalue weighted by Crippen LogP contribution is 2.37. The van der Waals surface area contributed by atoms with E-state index in [1.165, 1.54) is 11.8 Å². The van der Waals surface area contributed by atoms with Gasteiger partial charge in [-0.2, -0.15) is 5.10 Å². The fourth-order valence-corrected chi connectivity index (χ4v) is 3.43. The number of carbonyl (C=O) groups is 2. The highest BCUT2D eigenvalue weighted by molar-refractivity contribution is 6.03. The summed E-state index contributed by atoms with van der Waals surface area (Å²) in [5.41, 5.74) is 1.82. The van der Waals surface area contributed by atoms with E-state index in [9.17, 15) is 18.4 Å². The Bertz CT molecular complexity index is 1110. The molecule has 1 atom stereocenters. The van der Waals surface area contributed by atoms with E-state index < -0.39 is 23.6 Å². The topological polar surface area (TPSA) is 85.2 Å². The maximum Gasteiger partial charge on any atom is 0.249 e. The fraction of sp³-hybridized carbons (Fsp3) is 0.190. The molecule has 1 aliphatic rings. The summed E-state index contributed by atoms with van der Waals surface area (Å²) < 4.78 is 33.8. The van der Waals surface area contributed by atoms with Gasteiger partial charge in [0, 0.05) is 18.7 Å². The number of amides is 2. The van der Waals surface area contributed by atoms with E-state index >= 15 is 0 Å². The van der Waals surface area contributed by atoms with E-state index in [1.807, 2.05) is 30.3 Å². The van der Waals surface area contributed by atoms with E-state index in [1.54, 1.807) is 0 Å². The van der Waals surface area contributed by atoms with Crippen LogP contribution in [0.25, 0.3) is 11.1 Å². The predicted octanol–water partition coefficient (Wildman–Crippen LogP) is 3.50. The molecule has 154 valence electrons. The van der Waals surface area contributed by atoms with Gasteiger partial charge < -0.3 is 15.4 Å². The summed E-state index contributed by atoms with van der Waals surface area (Å²) in [4.78, 5) is 25.3. The summed E-state index contributed by atoms with van der Waals surface area (Å²) in [6, 6.07) is 11.1. The lowest BCUT2D eigenvalue weighted by atomic mass is 10.0. The van der Waals surface area contributed by atoms with E-state index in [4.69, 9.17) is 4.74 Å². The average Bonchev–Trinajstić information content (AvgIpc) is 3.08. The molecule has 0 bridgehead atoms. The molecule has 2 aromatic carbocycles. The Hall–Kier alpha value is -3.59. The highest BCUT2D eigenvalue weighted by Gasteiger charge is 2.35. The molecule has 0 aliphatic carbocycles. The zero-order valence-electron chi connectivity index (χ0n) is 16.0. The third-order valence-corrected chi connectivity index (χ3v) is 4.75. The Morgan fingerprint density at radius 2 is 2.03 bits per heavy atom. The van der Waals surface area contributed by atoms with Crippen LogP contribution in [-0.2, 0) is 20.9 Å². The van der Waals surface area contributed by atoms with Crippen LogP contribution in [0.4, 0.5) is 20.3 Å². The number of nitrogens with one attached hydrogen (secondary N) is 2. The molecule has 0 spiro atoms. The Morgan fingerprint density at radius 3 is 2.73 bits per heavy atom. The van der Waals surface area contributed by atoms with Gasteiger partial charge in [-0.15, -0.1) is 0 Å². The minimum absolute atomic E-state index is 0.168. The molecule has 0 radical (unpaired) electrons. The Kier molecular flexibility index (Phi) is 5.28. The first-order chi connectivity index (χ1) is 14.5. The molecule has 2 heterocycles. The summed E-state index contributed by atoms with van der Waals surface area (Å²) in [6.07, 6.45) is -0.177. The van der Waals surface area contributed by atoms with Crippen molar-refractivity contribution in [1.29, 1.82) is 0 Å². The van der Waals surface area contributed by atoms with Crippen LogP contribution in [0.15, 0.2) is 48.5 Å². The minimum atomic E-state index is -1.01. The highest BCUT2D eigenvalue weighted by atomic mass is 19.1. The van der Waals surface area contributed by atoms with Crippen LogP contribution >= 0.6 is 0 Å². The number of methoxy groups -OCH3 is 1. The number of hydrogen-bond donors (Lipinski definition) is 2. The summed E-state index contributed by atoms with van der Waals surface area (Å²) in [5.74, 6) is -2.31. The van der Waals surface area contributed by atoms with Gasteiger partial charge in [0.25, 0.3) is 0 Å². The third-order valence-electron chi connectivity index (χ3n) is 4.75. The largest absolute Gasteiger partial charge is 0.378 e. The standard InChI is InChI=1S/C21H18F2N4O3/c1-30-11-16-19(12-5-3-2-4-6-12)20-25-18(28)10-17(27(20)26-16)21(29)24-15-8-7-13(22)9-14(15)23/h2-9,17H,10-11H2,1H3,(H,24,29)(H,25,28). The smallest absolute Gasteiger partial charge is 0.249 e. The van der Waals surface area contributed by atoms with Crippen LogP contribution in [0.1, 0.15) is 18.2 Å². The maximum atomic E-state index is 14.0. The Balaban J connectivity index is 1.74. The van der Waals surface area contributed by atoms with Crippen LogP contribution in [0.3, 0.4) is 0 Å². The molecule has 30 heavy (non-hydrogen) atoms. The lowest BCUT2D eigenvalue weighted by Gasteiger charge is -2.24. The number of rotatable bonds is 5. The van der Waals surface area contributed by atoms with Crippen molar-refractivity contribution < 1.29 is 23.1 Å². The van der Waals surface area contributed by atoms with Gasteiger partial charge in [0.05, 0.1) is 24.4 Å². The minimum Gasteiger partial charge on any atom is -0.378 e. The zero-order valence-corrected chi connectivity index (χ0v) is 16.0. The average molecular weight is 412 g/mol. The summed E-state index contributed by atoms with van der Waals surface area (Å²) in [6.45, 7) is 0.168. The molecule has 2 amide bonds. The summed E-state index contributed by atoms with van der Waals surface area (Å²) in [5, 5.41) is 9.69. The van der Waals surface area contributed by atoms with Crippen molar-refractivity contribution in [1.82, 2.24) is 9.78 Å². The number of benzene rings is 2. The Morgan fingerprint density at radius 1 is 1.27 bits per heavy atom. The van der Waals surface area contributed by atoms with Crippen LogP contribution in [0.5, 0.6) is 0 Å². The molecule has 0 fully saturated rings. The molecule has 2 N–H and O–H groups in total. The number of ether oxygens (including phenoxy) is 1. The van der Waals surface area contributed by atoms with E-state index in [0.29, 0.717) is 23.1 Å². The second kappa shape index (κ2) is 8.03. The lowest BCUT2D eigenvalue weighted by molar-refractivity contribution is -0.125. The van der Waals surface area contributed by atoms with Crippen LogP contribution in [-0.4, -0.2) is 28.7 Å². The number of anilines is 2. The fourth-order valence-electron chi connectivity index (χ4n) is 3.43. The van der Waals surface area contributed by atoms with Crippen LogP contribution < -0.4 is 10.6 Å². The Labute approximate surface area is 170 Å². The first-order valence-electron chi connectivity index (χ1n) is 9.19. The SMILES string of the molecule is COCc1nn2c(c1-c1ccccc1)NC(=O)CC2C(=O)Nc1ccc(F)cc1F. The molecule has 1 aromatic heterocycles. The molecule has 4 rings (SSSR count). The van der Waals surface area contributed by atoms with Crippen molar-refractivity contribution >= 4 is 23.3 Å². The van der Waals surface area contributed by atoms with Gasteiger partial charge in [0.15, 0.2) is 0 Å². The van der Waals surface area contributed by atoms with Crippen LogP contribution in [0, 0.1) is 11.6 Å².